The van der Waals surface area contributed by atoms with E-state index in [4.69, 9.17) is 27.9 Å². The van der Waals surface area contributed by atoms with Crippen LogP contribution in [0.4, 0.5) is 0 Å². The summed E-state index contributed by atoms with van der Waals surface area (Å²) in [6.07, 6.45) is 2.79. The molecule has 0 bridgehead atoms. The Labute approximate surface area is 101 Å². The molecule has 82 valence electrons. The monoisotopic (exact) mass is 244 g/mol. The van der Waals surface area contributed by atoms with E-state index in [1.807, 2.05) is 18.2 Å². The van der Waals surface area contributed by atoms with E-state index in [1.165, 1.54) is 0 Å². The molecular formula is C12H14Cl2O. The van der Waals surface area contributed by atoms with Gasteiger partial charge in [0.1, 0.15) is 0 Å². The molecule has 0 saturated carbocycles. The molecule has 0 heterocycles. The van der Waals surface area contributed by atoms with Gasteiger partial charge in [-0.05, 0) is 30.0 Å². The number of hydrogen-bond donors (Lipinski definition) is 0. The fraction of sp³-hybridized carbons (Fsp3) is 0.333. The van der Waals surface area contributed by atoms with Crippen molar-refractivity contribution in [3.8, 4) is 5.75 Å². The van der Waals surface area contributed by atoms with Crippen molar-refractivity contribution in [2.24, 2.45) is 5.92 Å². The van der Waals surface area contributed by atoms with Crippen molar-refractivity contribution in [1.82, 2.24) is 0 Å². The van der Waals surface area contributed by atoms with Crippen LogP contribution in [0.1, 0.15) is 12.5 Å². The van der Waals surface area contributed by atoms with E-state index in [9.17, 15) is 0 Å². The number of hydrogen-bond acceptors (Lipinski definition) is 1. The Balaban J connectivity index is 2.98. The van der Waals surface area contributed by atoms with Gasteiger partial charge in [0.25, 0.3) is 0 Å². The lowest BCUT2D eigenvalue weighted by molar-refractivity contribution is 0.415. The van der Waals surface area contributed by atoms with Gasteiger partial charge in [-0.1, -0.05) is 36.2 Å². The fourth-order valence-corrected chi connectivity index (χ4v) is 2.07. The van der Waals surface area contributed by atoms with E-state index in [0.29, 0.717) is 21.7 Å². The highest BCUT2D eigenvalue weighted by molar-refractivity contribution is 6.37. The summed E-state index contributed by atoms with van der Waals surface area (Å²) >= 11 is 12.1. The Morgan fingerprint density at radius 3 is 2.33 bits per heavy atom. The highest BCUT2D eigenvalue weighted by atomic mass is 35.5. The molecule has 1 nitrogen and oxygen atoms in total. The second kappa shape index (κ2) is 5.43. The average molecular weight is 245 g/mol. The number of allylic oxidation sites excluding steroid dienone is 1. The number of benzene rings is 1. The zero-order valence-corrected chi connectivity index (χ0v) is 10.4. The highest BCUT2D eigenvalue weighted by Gasteiger charge is 2.09. The zero-order chi connectivity index (χ0) is 11.4. The van der Waals surface area contributed by atoms with Gasteiger partial charge in [-0.15, -0.1) is 6.58 Å². The number of halogens is 2. The normalized spacial score (nSPS) is 12.3. The first-order valence-corrected chi connectivity index (χ1v) is 5.48. The van der Waals surface area contributed by atoms with Crippen molar-refractivity contribution < 1.29 is 4.74 Å². The van der Waals surface area contributed by atoms with Crippen LogP contribution in [0.3, 0.4) is 0 Å². The molecule has 0 radical (unpaired) electrons. The molecule has 1 aromatic carbocycles. The molecule has 1 unspecified atom stereocenters. The third-order valence-electron chi connectivity index (χ3n) is 2.22. The van der Waals surface area contributed by atoms with Crippen LogP contribution in [0.5, 0.6) is 5.75 Å². The van der Waals surface area contributed by atoms with E-state index in [0.717, 1.165) is 12.0 Å². The summed E-state index contributed by atoms with van der Waals surface area (Å²) in [7, 11) is 1.55. The van der Waals surface area contributed by atoms with Gasteiger partial charge in [0, 0.05) is 0 Å². The molecular weight excluding hydrogens is 231 g/mol. The first-order chi connectivity index (χ1) is 7.08. The summed E-state index contributed by atoms with van der Waals surface area (Å²) in [5, 5.41) is 1.10. The highest BCUT2D eigenvalue weighted by Crippen LogP contribution is 2.34. The first-order valence-electron chi connectivity index (χ1n) is 4.73. The molecule has 3 heteroatoms. The van der Waals surface area contributed by atoms with Crippen LogP contribution in [0.25, 0.3) is 0 Å². The smallest absolute Gasteiger partial charge is 0.156 e. The lowest BCUT2D eigenvalue weighted by Gasteiger charge is -2.10. The maximum atomic E-state index is 6.03. The van der Waals surface area contributed by atoms with Gasteiger partial charge in [-0.2, -0.15) is 0 Å². The molecule has 0 fully saturated rings. The number of methoxy groups -OCH3 is 1. The van der Waals surface area contributed by atoms with E-state index in [1.54, 1.807) is 7.11 Å². The van der Waals surface area contributed by atoms with E-state index in [-0.39, 0.29) is 0 Å². The van der Waals surface area contributed by atoms with Crippen molar-refractivity contribution in [3.63, 3.8) is 0 Å². The minimum Gasteiger partial charge on any atom is -0.494 e. The lowest BCUT2D eigenvalue weighted by Crippen LogP contribution is -1.96. The van der Waals surface area contributed by atoms with Crippen molar-refractivity contribution in [1.29, 1.82) is 0 Å². The summed E-state index contributed by atoms with van der Waals surface area (Å²) < 4.78 is 5.08. The third-order valence-corrected chi connectivity index (χ3v) is 2.78. The summed E-state index contributed by atoms with van der Waals surface area (Å²) in [4.78, 5) is 0. The number of rotatable bonds is 4. The zero-order valence-electron chi connectivity index (χ0n) is 8.89. The first kappa shape index (κ1) is 12.4. The van der Waals surface area contributed by atoms with Crippen molar-refractivity contribution in [2.75, 3.05) is 7.11 Å². The molecule has 0 aliphatic rings. The second-order valence-corrected chi connectivity index (χ2v) is 4.32. The third kappa shape index (κ3) is 3.15. The molecule has 1 atom stereocenters. The SMILES string of the molecule is C=CC(C)Cc1cc(Cl)c(OC)c(Cl)c1. The van der Waals surface area contributed by atoms with Crippen LogP contribution in [0.15, 0.2) is 24.8 Å². The Bertz CT molecular complexity index is 338. The fourth-order valence-electron chi connectivity index (χ4n) is 1.38. The standard InChI is InChI=1S/C12H14Cl2O/c1-4-8(2)5-9-6-10(13)12(15-3)11(14)7-9/h4,6-8H,1,5H2,2-3H3. The van der Waals surface area contributed by atoms with Crippen LogP contribution in [-0.4, -0.2) is 7.11 Å². The van der Waals surface area contributed by atoms with Crippen LogP contribution < -0.4 is 4.74 Å². The topological polar surface area (TPSA) is 9.23 Å². The quantitative estimate of drug-likeness (QED) is 0.716. The molecule has 0 saturated heterocycles. The van der Waals surface area contributed by atoms with Crippen LogP contribution in [-0.2, 0) is 6.42 Å². The molecule has 0 N–H and O–H groups in total. The van der Waals surface area contributed by atoms with Crippen molar-refractivity contribution in [3.05, 3.63) is 40.4 Å². The van der Waals surface area contributed by atoms with E-state index >= 15 is 0 Å². The summed E-state index contributed by atoms with van der Waals surface area (Å²) in [6, 6.07) is 3.76. The van der Waals surface area contributed by atoms with Crippen LogP contribution in [0, 0.1) is 5.92 Å². The van der Waals surface area contributed by atoms with E-state index < -0.39 is 0 Å². The Kier molecular flexibility index (Phi) is 4.49. The van der Waals surface area contributed by atoms with Gasteiger partial charge in [0.2, 0.25) is 0 Å². The minimum atomic E-state index is 0.408. The predicted molar refractivity (Wildman–Crippen MR) is 66.1 cm³/mol. The number of ether oxygens (including phenoxy) is 1. The molecule has 15 heavy (non-hydrogen) atoms. The van der Waals surface area contributed by atoms with Gasteiger partial charge in [-0.3, -0.25) is 0 Å². The maximum absolute atomic E-state index is 6.03. The molecule has 1 rings (SSSR count). The van der Waals surface area contributed by atoms with Crippen LogP contribution >= 0.6 is 23.2 Å². The van der Waals surface area contributed by atoms with Crippen molar-refractivity contribution in [2.45, 2.75) is 13.3 Å². The second-order valence-electron chi connectivity index (χ2n) is 3.51. The summed E-state index contributed by atoms with van der Waals surface area (Å²) in [6.45, 7) is 5.84. The van der Waals surface area contributed by atoms with E-state index in [2.05, 4.69) is 13.5 Å². The molecule has 0 aromatic heterocycles. The summed E-state index contributed by atoms with van der Waals surface area (Å²) in [5.74, 6) is 0.943. The Morgan fingerprint density at radius 1 is 1.40 bits per heavy atom. The largest absolute Gasteiger partial charge is 0.494 e. The Morgan fingerprint density at radius 2 is 1.93 bits per heavy atom. The van der Waals surface area contributed by atoms with Gasteiger partial charge in [0.05, 0.1) is 17.2 Å². The molecule has 0 amide bonds. The van der Waals surface area contributed by atoms with Gasteiger partial charge in [0.15, 0.2) is 5.75 Å². The van der Waals surface area contributed by atoms with Gasteiger partial charge in [-0.25, -0.2) is 0 Å². The van der Waals surface area contributed by atoms with Gasteiger partial charge < -0.3 is 4.74 Å². The maximum Gasteiger partial charge on any atom is 0.156 e. The van der Waals surface area contributed by atoms with Gasteiger partial charge >= 0.3 is 0 Å². The lowest BCUT2D eigenvalue weighted by atomic mass is 10.0. The molecule has 0 spiro atoms. The average Bonchev–Trinajstić information content (AvgIpc) is 2.17. The minimum absolute atomic E-state index is 0.408. The molecule has 0 aliphatic carbocycles. The molecule has 1 aromatic rings. The molecule has 0 aliphatic heterocycles. The van der Waals surface area contributed by atoms with Crippen molar-refractivity contribution >= 4 is 23.2 Å². The Hall–Kier alpha value is -0.660. The van der Waals surface area contributed by atoms with Crippen LogP contribution in [0.2, 0.25) is 10.0 Å². The summed E-state index contributed by atoms with van der Waals surface area (Å²) in [5.41, 5.74) is 1.10. The predicted octanol–water partition coefficient (Wildman–Crippen LogP) is 4.37.